The van der Waals surface area contributed by atoms with Crippen LogP contribution in [0.2, 0.25) is 0 Å². The maximum atomic E-state index is 15.1. The zero-order valence-electron chi connectivity index (χ0n) is 25.2. The number of rotatable bonds is 13. The van der Waals surface area contributed by atoms with Gasteiger partial charge in [-0.15, -0.1) is 6.58 Å². The van der Waals surface area contributed by atoms with Gasteiger partial charge in [0.05, 0.1) is 5.92 Å². The van der Waals surface area contributed by atoms with Crippen molar-refractivity contribution in [2.45, 2.75) is 135 Å². The van der Waals surface area contributed by atoms with Crippen molar-refractivity contribution in [3.8, 4) is 5.75 Å². The minimum absolute atomic E-state index is 0.0558. The summed E-state index contributed by atoms with van der Waals surface area (Å²) in [7, 11) is 0. The Balaban J connectivity index is 1.19. The Hall–Kier alpha value is -1.78. The third kappa shape index (κ3) is 9.10. The van der Waals surface area contributed by atoms with Gasteiger partial charge < -0.3 is 4.74 Å². The first-order chi connectivity index (χ1) is 19.8. The van der Waals surface area contributed by atoms with Crippen LogP contribution in [-0.2, 0) is 0 Å². The number of ether oxygens (including phenoxy) is 1. The molecule has 0 radical (unpaired) electrons. The number of allylic oxidation sites excluding steroid dienone is 3. The van der Waals surface area contributed by atoms with E-state index in [1.807, 2.05) is 6.08 Å². The van der Waals surface area contributed by atoms with Crippen LogP contribution in [-0.4, -0.2) is 6.11 Å². The van der Waals surface area contributed by atoms with Crippen LogP contribution < -0.4 is 4.74 Å². The molecular weight excluding hydrogens is 524 g/mol. The standard InChI is InChI=1S/C36H52F4O/c1-3-5-9-27-12-14-28(15-13-27)10-6-7-11-29-18-22-31(23-19-29)36(39,40)41-33-25-24-32(34(37)35(33)38)30-20-16-26(8-4-2)17-21-30/h3,6,10,24-31H,1,4-5,7-9,11-23H2,2H3/b10-6+. The fourth-order valence-electron chi connectivity index (χ4n) is 7.77. The second-order valence-electron chi connectivity index (χ2n) is 13.3. The maximum absolute atomic E-state index is 15.1. The highest BCUT2D eigenvalue weighted by Gasteiger charge is 2.44. The van der Waals surface area contributed by atoms with Crippen LogP contribution in [0.1, 0.15) is 134 Å². The molecule has 0 heterocycles. The second-order valence-corrected chi connectivity index (χ2v) is 13.3. The molecule has 3 aliphatic rings. The number of hydrogen-bond donors (Lipinski definition) is 0. The van der Waals surface area contributed by atoms with E-state index in [1.54, 1.807) is 0 Å². The van der Waals surface area contributed by atoms with Gasteiger partial charge in [0.25, 0.3) is 0 Å². The van der Waals surface area contributed by atoms with E-state index in [9.17, 15) is 8.78 Å². The highest BCUT2D eigenvalue weighted by Crippen LogP contribution is 2.44. The molecule has 0 amide bonds. The van der Waals surface area contributed by atoms with Crippen molar-refractivity contribution in [3.05, 3.63) is 54.1 Å². The molecule has 1 aromatic rings. The van der Waals surface area contributed by atoms with E-state index in [0.29, 0.717) is 36.2 Å². The Bertz CT molecular complexity index is 964. The Morgan fingerprint density at radius 2 is 1.37 bits per heavy atom. The van der Waals surface area contributed by atoms with Crippen LogP contribution in [0.3, 0.4) is 0 Å². The molecule has 1 nitrogen and oxygen atoms in total. The third-order valence-corrected chi connectivity index (χ3v) is 10.4. The molecule has 3 aliphatic carbocycles. The van der Waals surface area contributed by atoms with E-state index in [4.69, 9.17) is 4.74 Å². The van der Waals surface area contributed by atoms with Gasteiger partial charge in [-0.2, -0.15) is 13.2 Å². The molecule has 5 heteroatoms. The first-order valence-electron chi connectivity index (χ1n) is 16.6. The Kier molecular flexibility index (Phi) is 12.2. The van der Waals surface area contributed by atoms with Gasteiger partial charge in [0.15, 0.2) is 11.6 Å². The monoisotopic (exact) mass is 576 g/mol. The summed E-state index contributed by atoms with van der Waals surface area (Å²) in [6, 6.07) is 2.68. The Labute approximate surface area is 246 Å². The van der Waals surface area contributed by atoms with Gasteiger partial charge in [0.1, 0.15) is 0 Å². The first kappa shape index (κ1) is 32.1. The molecule has 230 valence electrons. The predicted octanol–water partition coefficient (Wildman–Crippen LogP) is 11.9. The quantitative estimate of drug-likeness (QED) is 0.168. The molecule has 4 rings (SSSR count). The van der Waals surface area contributed by atoms with Crippen molar-refractivity contribution in [1.82, 2.24) is 0 Å². The third-order valence-electron chi connectivity index (χ3n) is 10.4. The van der Waals surface area contributed by atoms with Crippen molar-refractivity contribution >= 4 is 0 Å². The van der Waals surface area contributed by atoms with Crippen LogP contribution >= 0.6 is 0 Å². The zero-order chi connectivity index (χ0) is 29.2. The van der Waals surface area contributed by atoms with Gasteiger partial charge in [-0.05, 0) is 144 Å². The fourth-order valence-corrected chi connectivity index (χ4v) is 7.77. The molecule has 3 fully saturated rings. The van der Waals surface area contributed by atoms with E-state index in [2.05, 4.69) is 25.7 Å². The molecule has 41 heavy (non-hydrogen) atoms. The molecule has 0 spiro atoms. The van der Waals surface area contributed by atoms with Crippen LogP contribution in [0, 0.1) is 41.2 Å². The normalized spacial score (nSPS) is 29.5. The summed E-state index contributed by atoms with van der Waals surface area (Å²) < 4.78 is 65.0. The lowest BCUT2D eigenvalue weighted by atomic mass is 9.77. The van der Waals surface area contributed by atoms with Gasteiger partial charge in [-0.1, -0.05) is 44.1 Å². The van der Waals surface area contributed by atoms with Gasteiger partial charge in [-0.3, -0.25) is 0 Å². The predicted molar refractivity (Wildman–Crippen MR) is 160 cm³/mol. The highest BCUT2D eigenvalue weighted by molar-refractivity contribution is 5.33. The van der Waals surface area contributed by atoms with E-state index >= 15 is 8.78 Å². The van der Waals surface area contributed by atoms with Gasteiger partial charge >= 0.3 is 6.11 Å². The molecule has 0 saturated heterocycles. The van der Waals surface area contributed by atoms with Crippen LogP contribution in [0.4, 0.5) is 17.6 Å². The molecule has 3 saturated carbocycles. The summed E-state index contributed by atoms with van der Waals surface area (Å²) in [6.07, 6.45) is 20.8. The average molecular weight is 577 g/mol. The van der Waals surface area contributed by atoms with Gasteiger partial charge in [0.2, 0.25) is 5.82 Å². The van der Waals surface area contributed by atoms with Crippen molar-refractivity contribution < 1.29 is 22.3 Å². The first-order valence-corrected chi connectivity index (χ1v) is 16.6. The van der Waals surface area contributed by atoms with Gasteiger partial charge in [-0.25, -0.2) is 4.39 Å². The molecule has 0 aromatic heterocycles. The molecular formula is C36H52F4O. The molecule has 1 aromatic carbocycles. The number of benzene rings is 1. The smallest absolute Gasteiger partial charge is 0.400 e. The van der Waals surface area contributed by atoms with Crippen molar-refractivity contribution in [2.75, 3.05) is 0 Å². The highest BCUT2D eigenvalue weighted by atomic mass is 19.3. The zero-order valence-corrected chi connectivity index (χ0v) is 25.2. The summed E-state index contributed by atoms with van der Waals surface area (Å²) >= 11 is 0. The Morgan fingerprint density at radius 1 is 0.780 bits per heavy atom. The van der Waals surface area contributed by atoms with Crippen LogP contribution in [0.15, 0.2) is 36.9 Å². The summed E-state index contributed by atoms with van der Waals surface area (Å²) in [4.78, 5) is 0. The van der Waals surface area contributed by atoms with Crippen molar-refractivity contribution in [3.63, 3.8) is 0 Å². The van der Waals surface area contributed by atoms with Crippen LogP contribution in [0.25, 0.3) is 0 Å². The number of hydrogen-bond acceptors (Lipinski definition) is 1. The molecule has 0 atom stereocenters. The van der Waals surface area contributed by atoms with Crippen LogP contribution in [0.5, 0.6) is 5.75 Å². The largest absolute Gasteiger partial charge is 0.429 e. The minimum atomic E-state index is -3.51. The SMILES string of the molecule is C=CCCC1CCC(/C=C/CCC2CCC(C(F)(F)Oc3ccc(C4CCC(CCC)CC4)c(F)c3F)CC2)CC1. The van der Waals surface area contributed by atoms with E-state index in [0.717, 1.165) is 70.1 Å². The van der Waals surface area contributed by atoms with E-state index in [-0.39, 0.29) is 5.92 Å². The van der Waals surface area contributed by atoms with Crippen molar-refractivity contribution in [1.29, 1.82) is 0 Å². The second kappa shape index (κ2) is 15.6. The lowest BCUT2D eigenvalue weighted by Gasteiger charge is -2.33. The van der Waals surface area contributed by atoms with Crippen molar-refractivity contribution in [2.24, 2.45) is 29.6 Å². The lowest BCUT2D eigenvalue weighted by molar-refractivity contribution is -0.224. The minimum Gasteiger partial charge on any atom is -0.429 e. The molecule has 0 unspecified atom stereocenters. The lowest BCUT2D eigenvalue weighted by Crippen LogP contribution is -2.37. The molecule has 0 N–H and O–H groups in total. The van der Waals surface area contributed by atoms with E-state index in [1.165, 1.54) is 50.7 Å². The topological polar surface area (TPSA) is 9.23 Å². The summed E-state index contributed by atoms with van der Waals surface area (Å²) in [5.74, 6) is -1.37. The summed E-state index contributed by atoms with van der Waals surface area (Å²) in [6.45, 7) is 5.99. The summed E-state index contributed by atoms with van der Waals surface area (Å²) in [5, 5.41) is 0. The molecule has 0 aliphatic heterocycles. The number of alkyl halides is 2. The Morgan fingerprint density at radius 3 is 2.00 bits per heavy atom. The molecule has 0 bridgehead atoms. The maximum Gasteiger partial charge on any atom is 0.400 e. The van der Waals surface area contributed by atoms with E-state index < -0.39 is 29.4 Å². The summed E-state index contributed by atoms with van der Waals surface area (Å²) in [5.41, 5.74) is 0.305. The fraction of sp³-hybridized carbons (Fsp3) is 0.722. The average Bonchev–Trinajstić information content (AvgIpc) is 2.98. The van der Waals surface area contributed by atoms with Gasteiger partial charge in [0, 0.05) is 0 Å². The number of halogens is 4.